The third-order valence-electron chi connectivity index (χ3n) is 3.56. The van der Waals surface area contributed by atoms with Crippen molar-refractivity contribution in [2.45, 2.75) is 46.9 Å². The molecule has 0 aliphatic carbocycles. The molecule has 144 valence electrons. The van der Waals surface area contributed by atoms with Crippen molar-refractivity contribution in [1.82, 2.24) is 20.8 Å². The lowest BCUT2D eigenvalue weighted by Gasteiger charge is -2.09. The van der Waals surface area contributed by atoms with Crippen LogP contribution in [0.2, 0.25) is 0 Å². The Morgan fingerprint density at radius 1 is 1.23 bits per heavy atom. The van der Waals surface area contributed by atoms with Gasteiger partial charge in [0, 0.05) is 13.2 Å². The Morgan fingerprint density at radius 2 is 1.96 bits per heavy atom. The predicted octanol–water partition coefficient (Wildman–Crippen LogP) is 3.35. The summed E-state index contributed by atoms with van der Waals surface area (Å²) in [5, 5.41) is 10.4. The number of benzene rings is 1. The summed E-state index contributed by atoms with van der Waals surface area (Å²) in [6.45, 7) is 10.3. The summed E-state index contributed by atoms with van der Waals surface area (Å²) in [5.74, 6) is 1.77. The minimum Gasteiger partial charge on any atom is -0.371 e. The number of ether oxygens (including phenoxy) is 1. The van der Waals surface area contributed by atoms with E-state index >= 15 is 0 Å². The predicted molar refractivity (Wildman–Crippen MR) is 113 cm³/mol. The summed E-state index contributed by atoms with van der Waals surface area (Å²) < 4.78 is 10.7. The van der Waals surface area contributed by atoms with Crippen molar-refractivity contribution in [1.29, 1.82) is 0 Å². The molecule has 1 atom stereocenters. The minimum absolute atomic E-state index is 0. The Hall–Kier alpha value is -1.68. The second-order valence-corrected chi connectivity index (χ2v) is 5.68. The topological polar surface area (TPSA) is 84.6 Å². The van der Waals surface area contributed by atoms with Crippen molar-refractivity contribution in [2.24, 2.45) is 4.99 Å². The van der Waals surface area contributed by atoms with Crippen molar-refractivity contribution in [3.8, 4) is 0 Å². The maximum Gasteiger partial charge on any atom is 0.246 e. The zero-order valence-corrected chi connectivity index (χ0v) is 18.1. The molecular formula is C18H28IN5O2. The summed E-state index contributed by atoms with van der Waals surface area (Å²) >= 11 is 0. The van der Waals surface area contributed by atoms with Gasteiger partial charge in [-0.15, -0.1) is 24.0 Å². The summed E-state index contributed by atoms with van der Waals surface area (Å²) in [5.41, 5.74) is 2.40. The van der Waals surface area contributed by atoms with Gasteiger partial charge in [-0.25, -0.2) is 4.99 Å². The minimum atomic E-state index is -0.175. The van der Waals surface area contributed by atoms with Crippen LogP contribution in [-0.4, -0.2) is 29.3 Å². The van der Waals surface area contributed by atoms with Crippen LogP contribution in [0.4, 0.5) is 0 Å². The van der Waals surface area contributed by atoms with E-state index < -0.39 is 0 Å². The smallest absolute Gasteiger partial charge is 0.246 e. The van der Waals surface area contributed by atoms with E-state index in [2.05, 4.69) is 57.0 Å². The molecule has 0 bridgehead atoms. The average Bonchev–Trinajstić information content (AvgIpc) is 3.08. The van der Waals surface area contributed by atoms with E-state index in [1.165, 1.54) is 5.56 Å². The largest absolute Gasteiger partial charge is 0.371 e. The highest BCUT2D eigenvalue weighted by Crippen LogP contribution is 2.12. The van der Waals surface area contributed by atoms with Crippen LogP contribution in [0.3, 0.4) is 0 Å². The van der Waals surface area contributed by atoms with Crippen LogP contribution in [0.1, 0.15) is 49.7 Å². The van der Waals surface area contributed by atoms with Gasteiger partial charge < -0.3 is 19.9 Å². The molecular weight excluding hydrogens is 445 g/mol. The molecule has 1 unspecified atom stereocenters. The maximum absolute atomic E-state index is 5.46. The third kappa shape index (κ3) is 7.28. The van der Waals surface area contributed by atoms with Crippen LogP contribution in [0.15, 0.2) is 33.8 Å². The van der Waals surface area contributed by atoms with Gasteiger partial charge in [0.2, 0.25) is 5.89 Å². The fourth-order valence-electron chi connectivity index (χ4n) is 2.19. The van der Waals surface area contributed by atoms with Gasteiger partial charge >= 0.3 is 0 Å². The van der Waals surface area contributed by atoms with Gasteiger partial charge in [0.25, 0.3) is 0 Å². The van der Waals surface area contributed by atoms with Gasteiger partial charge in [-0.1, -0.05) is 35.0 Å². The molecule has 0 spiro atoms. The molecule has 1 aromatic carbocycles. The molecule has 0 aliphatic heterocycles. The molecule has 2 N–H and O–H groups in total. The fourth-order valence-corrected chi connectivity index (χ4v) is 2.19. The molecule has 0 saturated heterocycles. The zero-order valence-electron chi connectivity index (χ0n) is 15.8. The quantitative estimate of drug-likeness (QED) is 0.348. The van der Waals surface area contributed by atoms with E-state index in [0.29, 0.717) is 37.4 Å². The van der Waals surface area contributed by atoms with E-state index in [1.807, 2.05) is 20.8 Å². The van der Waals surface area contributed by atoms with Crippen LogP contribution in [0.25, 0.3) is 0 Å². The number of aliphatic imine (C=N–C) groups is 1. The molecule has 7 nitrogen and oxygen atoms in total. The van der Waals surface area contributed by atoms with Crippen molar-refractivity contribution < 1.29 is 9.26 Å². The van der Waals surface area contributed by atoms with Crippen LogP contribution in [0, 0.1) is 6.92 Å². The van der Waals surface area contributed by atoms with Crippen molar-refractivity contribution in [3.63, 3.8) is 0 Å². The molecule has 2 aromatic rings. The fraction of sp³-hybridized carbons (Fsp3) is 0.500. The van der Waals surface area contributed by atoms with E-state index in [4.69, 9.17) is 9.26 Å². The Morgan fingerprint density at radius 3 is 2.62 bits per heavy atom. The molecule has 8 heteroatoms. The summed E-state index contributed by atoms with van der Waals surface area (Å²) in [6.07, 6.45) is -0.175. The Balaban J connectivity index is 0.00000338. The van der Waals surface area contributed by atoms with E-state index in [0.717, 1.165) is 12.1 Å². The number of hydrogen-bond acceptors (Lipinski definition) is 5. The Labute approximate surface area is 172 Å². The molecule has 26 heavy (non-hydrogen) atoms. The first-order valence-electron chi connectivity index (χ1n) is 8.64. The zero-order chi connectivity index (χ0) is 18.1. The highest BCUT2D eigenvalue weighted by atomic mass is 127. The lowest BCUT2D eigenvalue weighted by Crippen LogP contribution is -2.36. The van der Waals surface area contributed by atoms with Gasteiger partial charge in [-0.3, -0.25) is 0 Å². The van der Waals surface area contributed by atoms with E-state index in [1.54, 1.807) is 0 Å². The van der Waals surface area contributed by atoms with Crippen molar-refractivity contribution in [3.05, 3.63) is 47.1 Å². The summed E-state index contributed by atoms with van der Waals surface area (Å²) in [4.78, 5) is 8.92. The number of rotatable bonds is 8. The summed E-state index contributed by atoms with van der Waals surface area (Å²) in [7, 11) is 0. The maximum atomic E-state index is 5.46. The number of halogens is 1. The molecule has 1 aromatic heterocycles. The molecule has 0 radical (unpaired) electrons. The molecule has 0 saturated carbocycles. The van der Waals surface area contributed by atoms with Gasteiger partial charge in [0.15, 0.2) is 11.8 Å². The number of nitrogens with one attached hydrogen (secondary N) is 2. The van der Waals surface area contributed by atoms with E-state index in [-0.39, 0.29) is 30.1 Å². The second kappa shape index (κ2) is 11.8. The number of aromatic nitrogens is 2. The first kappa shape index (κ1) is 22.4. The van der Waals surface area contributed by atoms with E-state index in [9.17, 15) is 0 Å². The van der Waals surface area contributed by atoms with Crippen LogP contribution in [0.5, 0.6) is 0 Å². The molecule has 0 amide bonds. The monoisotopic (exact) mass is 473 g/mol. The molecule has 0 aliphatic rings. The van der Waals surface area contributed by atoms with Crippen LogP contribution in [-0.2, 0) is 17.8 Å². The van der Waals surface area contributed by atoms with Crippen LogP contribution < -0.4 is 10.6 Å². The lowest BCUT2D eigenvalue weighted by molar-refractivity contribution is 0.0683. The normalized spacial score (nSPS) is 12.4. The number of nitrogens with zero attached hydrogens (tertiary/aromatic N) is 3. The lowest BCUT2D eigenvalue weighted by atomic mass is 10.1. The van der Waals surface area contributed by atoms with Gasteiger partial charge in [0.1, 0.15) is 6.10 Å². The second-order valence-electron chi connectivity index (χ2n) is 5.68. The Bertz CT molecular complexity index is 672. The highest BCUT2D eigenvalue weighted by Gasteiger charge is 2.13. The van der Waals surface area contributed by atoms with Crippen LogP contribution >= 0.6 is 24.0 Å². The first-order chi connectivity index (χ1) is 12.1. The third-order valence-corrected chi connectivity index (χ3v) is 3.56. The Kier molecular flexibility index (Phi) is 10.2. The summed E-state index contributed by atoms with van der Waals surface area (Å²) in [6, 6.07) is 8.35. The molecule has 2 rings (SSSR count). The van der Waals surface area contributed by atoms with Crippen molar-refractivity contribution in [2.75, 3.05) is 13.2 Å². The van der Waals surface area contributed by atoms with Crippen molar-refractivity contribution >= 4 is 29.9 Å². The SMILES string of the molecule is CCNC(=NCc1ccc(C)cc1)NCc1nc(C(C)OCC)no1.I. The van der Waals surface area contributed by atoms with Gasteiger partial charge in [0.05, 0.1) is 13.1 Å². The highest BCUT2D eigenvalue weighted by molar-refractivity contribution is 14.0. The van der Waals surface area contributed by atoms with Gasteiger partial charge in [-0.05, 0) is 33.3 Å². The molecule has 0 fully saturated rings. The standard InChI is InChI=1S/C18H27N5O2.HI/c1-5-19-18(20-11-15-9-7-13(3)8-10-15)21-12-16-22-17(23-25-16)14(4)24-6-2;/h7-10,14H,5-6,11-12H2,1-4H3,(H2,19,20,21);1H. The van der Waals surface area contributed by atoms with Gasteiger partial charge in [-0.2, -0.15) is 4.98 Å². The number of aryl methyl sites for hydroxylation is 1. The first-order valence-corrected chi connectivity index (χ1v) is 8.64. The molecule has 1 heterocycles. The average molecular weight is 473 g/mol. The number of hydrogen-bond donors (Lipinski definition) is 2. The number of guanidine groups is 1.